The van der Waals surface area contributed by atoms with Crippen LogP contribution in [-0.4, -0.2) is 100 Å². The lowest BCUT2D eigenvalue weighted by molar-refractivity contribution is -0.140. The van der Waals surface area contributed by atoms with Crippen LogP contribution in [0, 0.1) is 23.6 Å². The third-order valence-corrected chi connectivity index (χ3v) is 12.7. The number of para-hydroxylation sites is 1. The standard InChI is InChI=1S/C46H50ClFN4O14S/c1-26(53)28(9-15-42(57)58)21-40(55)38(20-31-24-49-37-8-3-2-7-36(31)37)51-46(64)30(17-27-5-4-6-33(48)18-27)19-34(54)25-50-45(63)29(10-16-43(59)60)22-41(56)39(23-44(61)62)52-67(65,66)35-13-11-32(47)12-14-35/h2-8,11-14,18,24,28-30,38-39,49,52H,9-10,15-17,19-23,25H2,1H3,(H,50,63)(H,51,64)(H,57,58)(H,59,60)(H,61,62)/t28-,29-,30-,38+,39-/m1/s1. The van der Waals surface area contributed by atoms with Crippen LogP contribution in [0.2, 0.25) is 5.02 Å². The first-order valence-electron chi connectivity index (χ1n) is 21.0. The number of fused-ring (bicyclic) bond motifs is 1. The fourth-order valence-electron chi connectivity index (χ4n) is 7.34. The number of carboxylic acid groups (broad SMARTS) is 3. The smallest absolute Gasteiger partial charge is 0.305 e. The zero-order valence-electron chi connectivity index (χ0n) is 36.2. The molecule has 4 rings (SSSR count). The van der Waals surface area contributed by atoms with Gasteiger partial charge < -0.3 is 30.9 Å². The highest BCUT2D eigenvalue weighted by Gasteiger charge is 2.34. The summed E-state index contributed by atoms with van der Waals surface area (Å²) < 4.78 is 42.5. The Labute approximate surface area is 389 Å². The second-order valence-corrected chi connectivity index (χ2v) is 18.2. The molecule has 0 bridgehead atoms. The third-order valence-electron chi connectivity index (χ3n) is 10.9. The minimum absolute atomic E-state index is 0.0822. The topological polar surface area (TPSA) is 300 Å². The third kappa shape index (κ3) is 16.9. The number of carbonyl (C=O) groups is 9. The van der Waals surface area contributed by atoms with Crippen LogP contribution in [0.3, 0.4) is 0 Å². The Morgan fingerprint density at radius 2 is 1.33 bits per heavy atom. The van der Waals surface area contributed by atoms with Crippen LogP contribution in [-0.2, 0) is 66.0 Å². The average molecular weight is 969 g/mol. The molecule has 0 spiro atoms. The molecule has 1 aromatic heterocycles. The van der Waals surface area contributed by atoms with Crippen molar-refractivity contribution >= 4 is 85.4 Å². The minimum atomic E-state index is -4.50. The normalized spacial score (nSPS) is 13.7. The first-order valence-corrected chi connectivity index (χ1v) is 22.9. The van der Waals surface area contributed by atoms with Crippen LogP contribution in [0.5, 0.6) is 0 Å². The number of hydrogen-bond donors (Lipinski definition) is 7. The lowest BCUT2D eigenvalue weighted by atomic mass is 9.88. The van der Waals surface area contributed by atoms with Crippen LogP contribution >= 0.6 is 11.6 Å². The Kier molecular flexibility index (Phi) is 19.6. The van der Waals surface area contributed by atoms with Crippen LogP contribution in [0.1, 0.15) is 69.4 Å². The Morgan fingerprint density at radius 1 is 0.701 bits per heavy atom. The molecular weight excluding hydrogens is 919 g/mol. The summed E-state index contributed by atoms with van der Waals surface area (Å²) in [6.45, 7) is 0.454. The lowest BCUT2D eigenvalue weighted by Crippen LogP contribution is -2.47. The Balaban J connectivity index is 1.55. The molecule has 0 aliphatic carbocycles. The largest absolute Gasteiger partial charge is 0.481 e. The average Bonchev–Trinajstić information content (AvgIpc) is 3.66. The molecule has 0 aliphatic heterocycles. The maximum atomic E-state index is 14.4. The molecule has 0 fully saturated rings. The number of aliphatic carboxylic acids is 3. The highest BCUT2D eigenvalue weighted by Crippen LogP contribution is 2.24. The van der Waals surface area contributed by atoms with Gasteiger partial charge in [-0.3, -0.25) is 43.2 Å². The summed E-state index contributed by atoms with van der Waals surface area (Å²) in [6, 6.07) is 13.8. The highest BCUT2D eigenvalue weighted by atomic mass is 35.5. The van der Waals surface area contributed by atoms with Gasteiger partial charge in [-0.2, -0.15) is 0 Å². The van der Waals surface area contributed by atoms with Gasteiger partial charge in [-0.05, 0) is 79.8 Å². The van der Waals surface area contributed by atoms with Gasteiger partial charge in [-0.15, -0.1) is 0 Å². The van der Waals surface area contributed by atoms with Crippen LogP contribution in [0.4, 0.5) is 4.39 Å². The molecule has 0 aliphatic rings. The van der Waals surface area contributed by atoms with Crippen LogP contribution < -0.4 is 15.4 Å². The molecule has 21 heteroatoms. The van der Waals surface area contributed by atoms with Crippen molar-refractivity contribution in [1.82, 2.24) is 20.3 Å². The number of amides is 2. The molecule has 0 radical (unpaired) electrons. The second-order valence-electron chi connectivity index (χ2n) is 16.1. The maximum absolute atomic E-state index is 14.4. The summed E-state index contributed by atoms with van der Waals surface area (Å²) in [5.41, 5.74) is 1.63. The number of rotatable bonds is 29. The highest BCUT2D eigenvalue weighted by molar-refractivity contribution is 7.89. The van der Waals surface area contributed by atoms with Crippen molar-refractivity contribution in [3.8, 4) is 0 Å². The molecule has 1 heterocycles. The number of hydrogen-bond acceptors (Lipinski definition) is 11. The number of carbonyl (C=O) groups excluding carboxylic acids is 6. The van der Waals surface area contributed by atoms with Crippen LogP contribution in [0.25, 0.3) is 10.9 Å². The van der Waals surface area contributed by atoms with Gasteiger partial charge >= 0.3 is 17.9 Å². The van der Waals surface area contributed by atoms with Crippen molar-refractivity contribution in [2.24, 2.45) is 17.8 Å². The van der Waals surface area contributed by atoms with Gasteiger partial charge in [0.15, 0.2) is 17.3 Å². The summed E-state index contributed by atoms with van der Waals surface area (Å²) in [5, 5.41) is 34.0. The first-order chi connectivity index (χ1) is 31.6. The number of aromatic amines is 1. The fraction of sp³-hybridized carbons (Fsp3) is 0.370. The molecule has 67 heavy (non-hydrogen) atoms. The number of Topliss-reactive ketones (excluding diaryl/α,β-unsaturated/α-hetero) is 4. The molecule has 358 valence electrons. The molecule has 4 aromatic rings. The maximum Gasteiger partial charge on any atom is 0.305 e. The monoisotopic (exact) mass is 968 g/mol. The van der Waals surface area contributed by atoms with E-state index >= 15 is 0 Å². The molecule has 7 N–H and O–H groups in total. The van der Waals surface area contributed by atoms with E-state index in [0.29, 0.717) is 5.56 Å². The summed E-state index contributed by atoms with van der Waals surface area (Å²) in [4.78, 5) is 119. The van der Waals surface area contributed by atoms with Gasteiger partial charge in [0, 0.05) is 78.4 Å². The SMILES string of the molecule is CC(=O)[C@H](CCC(=O)O)CC(=O)[C@H](Cc1c[nH]c2ccccc12)NC(=O)[C@@H](CC(=O)CNC(=O)[C@H](CCC(=O)O)CC(=O)[C@@H](CC(=O)O)NS(=O)(=O)c1ccc(Cl)cc1)Cc1cccc(F)c1. The molecular formula is C46H50ClFN4O14S. The quantitative estimate of drug-likeness (QED) is 0.0401. The number of carboxylic acids is 3. The zero-order chi connectivity index (χ0) is 49.4. The van der Waals surface area contributed by atoms with Gasteiger partial charge in [0.1, 0.15) is 11.6 Å². The zero-order valence-corrected chi connectivity index (χ0v) is 37.7. The van der Waals surface area contributed by atoms with E-state index in [4.69, 9.17) is 11.6 Å². The van der Waals surface area contributed by atoms with E-state index in [9.17, 15) is 71.3 Å². The molecule has 2 amide bonds. The number of halogens is 2. The minimum Gasteiger partial charge on any atom is -0.481 e. The first kappa shape index (κ1) is 53.0. The Bertz CT molecular complexity index is 2600. The van der Waals surface area contributed by atoms with Crippen molar-refractivity contribution in [3.63, 3.8) is 0 Å². The van der Waals surface area contributed by atoms with E-state index in [1.54, 1.807) is 30.5 Å². The predicted octanol–water partition coefficient (Wildman–Crippen LogP) is 4.21. The lowest BCUT2D eigenvalue weighted by Gasteiger charge is -2.24. The van der Waals surface area contributed by atoms with Gasteiger partial charge in [-0.1, -0.05) is 41.9 Å². The summed E-state index contributed by atoms with van der Waals surface area (Å²) in [7, 11) is -4.50. The second kappa shape index (κ2) is 24.8. The summed E-state index contributed by atoms with van der Waals surface area (Å²) in [5.74, 6) is -13.2. The number of H-pyrrole nitrogens is 1. The molecule has 3 aromatic carbocycles. The Morgan fingerprint density at radius 3 is 1.96 bits per heavy atom. The fourth-order valence-corrected chi connectivity index (χ4v) is 8.69. The van der Waals surface area contributed by atoms with Crippen molar-refractivity contribution in [2.75, 3.05) is 6.54 Å². The molecule has 18 nitrogen and oxygen atoms in total. The van der Waals surface area contributed by atoms with Gasteiger partial charge in [0.05, 0.1) is 29.9 Å². The molecule has 0 saturated heterocycles. The van der Waals surface area contributed by atoms with Crippen molar-refractivity contribution in [2.45, 2.75) is 88.1 Å². The van der Waals surface area contributed by atoms with E-state index in [1.807, 2.05) is 4.72 Å². The predicted molar refractivity (Wildman–Crippen MR) is 239 cm³/mol. The van der Waals surface area contributed by atoms with E-state index in [1.165, 1.54) is 31.2 Å². The summed E-state index contributed by atoms with van der Waals surface area (Å²) >= 11 is 5.84. The van der Waals surface area contributed by atoms with Crippen molar-refractivity contribution < 1.29 is 71.3 Å². The van der Waals surface area contributed by atoms with Gasteiger partial charge in [-0.25, -0.2) is 17.5 Å². The van der Waals surface area contributed by atoms with Crippen molar-refractivity contribution in [1.29, 1.82) is 0 Å². The van der Waals surface area contributed by atoms with E-state index in [2.05, 4.69) is 15.6 Å². The van der Waals surface area contributed by atoms with Gasteiger partial charge in [0.25, 0.3) is 0 Å². The number of ketones is 4. The van der Waals surface area contributed by atoms with Gasteiger partial charge in [0.2, 0.25) is 21.8 Å². The number of nitrogens with one attached hydrogen (secondary N) is 4. The van der Waals surface area contributed by atoms with Crippen LogP contribution in [0.15, 0.2) is 83.9 Å². The molecule has 0 unspecified atom stereocenters. The van der Waals surface area contributed by atoms with E-state index < -0.39 is 144 Å². The number of sulfonamides is 1. The number of benzene rings is 3. The molecule has 5 atom stereocenters. The van der Waals surface area contributed by atoms with Crippen molar-refractivity contribution in [3.05, 3.63) is 101 Å². The molecule has 0 saturated carbocycles. The number of aromatic nitrogens is 1. The Hall–Kier alpha value is -6.64. The van der Waals surface area contributed by atoms with E-state index in [-0.39, 0.29) is 41.2 Å². The van der Waals surface area contributed by atoms with E-state index in [0.717, 1.165) is 35.2 Å². The summed E-state index contributed by atoms with van der Waals surface area (Å²) in [6.07, 6.45) is -3.23.